The first-order valence-electron chi connectivity index (χ1n) is 10.6. The van der Waals surface area contributed by atoms with E-state index >= 15 is 0 Å². The molecule has 1 atom stereocenters. The molecule has 1 amide bonds. The highest BCUT2D eigenvalue weighted by Gasteiger charge is 2.35. The summed E-state index contributed by atoms with van der Waals surface area (Å²) in [5.41, 5.74) is 1.87. The van der Waals surface area contributed by atoms with Crippen molar-refractivity contribution in [1.82, 2.24) is 4.90 Å². The largest absolute Gasteiger partial charge is 0.489 e. The van der Waals surface area contributed by atoms with Crippen LogP contribution in [-0.4, -0.2) is 49.6 Å². The number of rotatable bonds is 5. The van der Waals surface area contributed by atoms with Crippen molar-refractivity contribution in [3.05, 3.63) is 60.2 Å². The Labute approximate surface area is 177 Å². The molecular weight excluding hydrogens is 380 g/mol. The second-order valence-electron chi connectivity index (χ2n) is 7.77. The normalized spacial score (nSPS) is 19.6. The Morgan fingerprint density at radius 2 is 1.73 bits per heavy atom. The number of likely N-dealkylation sites (tertiary alicyclic amines) is 1. The van der Waals surface area contributed by atoms with Crippen LogP contribution in [0.15, 0.2) is 54.6 Å². The van der Waals surface area contributed by atoms with Gasteiger partial charge in [-0.25, -0.2) is 0 Å². The molecule has 30 heavy (non-hydrogen) atoms. The fourth-order valence-electron chi connectivity index (χ4n) is 4.27. The Morgan fingerprint density at radius 1 is 1.03 bits per heavy atom. The SMILES string of the molecule is CCOC(=O)C1CCN(CC(=O)N2c3ccccc3OC[C@H]2c2ccccc2)CC1. The molecule has 0 spiro atoms. The van der Waals surface area contributed by atoms with Gasteiger partial charge in [-0.3, -0.25) is 19.4 Å². The van der Waals surface area contributed by atoms with Gasteiger partial charge in [0.2, 0.25) is 5.91 Å². The van der Waals surface area contributed by atoms with Crippen LogP contribution >= 0.6 is 0 Å². The number of fused-ring (bicyclic) bond motifs is 1. The van der Waals surface area contributed by atoms with Gasteiger partial charge in [0.15, 0.2) is 0 Å². The molecule has 6 nitrogen and oxygen atoms in total. The molecule has 0 N–H and O–H groups in total. The summed E-state index contributed by atoms with van der Waals surface area (Å²) in [7, 11) is 0. The van der Waals surface area contributed by atoms with Crippen molar-refractivity contribution >= 4 is 17.6 Å². The lowest BCUT2D eigenvalue weighted by Crippen LogP contribution is -2.48. The van der Waals surface area contributed by atoms with E-state index in [4.69, 9.17) is 9.47 Å². The van der Waals surface area contributed by atoms with Crippen molar-refractivity contribution < 1.29 is 19.1 Å². The van der Waals surface area contributed by atoms with Crippen LogP contribution in [0, 0.1) is 5.92 Å². The van der Waals surface area contributed by atoms with Gasteiger partial charge in [-0.2, -0.15) is 0 Å². The Hall–Kier alpha value is -2.86. The molecule has 2 heterocycles. The number of esters is 1. The molecule has 1 fully saturated rings. The van der Waals surface area contributed by atoms with Gasteiger partial charge >= 0.3 is 5.97 Å². The van der Waals surface area contributed by atoms with Crippen LogP contribution in [0.1, 0.15) is 31.4 Å². The number of amides is 1. The van der Waals surface area contributed by atoms with E-state index < -0.39 is 0 Å². The van der Waals surface area contributed by atoms with Gasteiger partial charge in [0.1, 0.15) is 12.4 Å². The van der Waals surface area contributed by atoms with E-state index in [1.807, 2.05) is 66.4 Å². The van der Waals surface area contributed by atoms with Crippen molar-refractivity contribution in [1.29, 1.82) is 0 Å². The Balaban J connectivity index is 1.49. The van der Waals surface area contributed by atoms with E-state index in [9.17, 15) is 9.59 Å². The second-order valence-corrected chi connectivity index (χ2v) is 7.77. The summed E-state index contributed by atoms with van der Waals surface area (Å²) < 4.78 is 11.1. The minimum Gasteiger partial charge on any atom is -0.489 e. The fourth-order valence-corrected chi connectivity index (χ4v) is 4.27. The molecule has 2 aliphatic rings. The Bertz CT molecular complexity index is 878. The number of carbonyl (C=O) groups is 2. The first-order valence-corrected chi connectivity index (χ1v) is 10.6. The van der Waals surface area contributed by atoms with Crippen molar-refractivity contribution in [2.75, 3.05) is 37.7 Å². The van der Waals surface area contributed by atoms with Gasteiger partial charge in [-0.15, -0.1) is 0 Å². The lowest BCUT2D eigenvalue weighted by molar-refractivity contribution is -0.149. The standard InChI is InChI=1S/C24H28N2O4/c1-2-29-24(28)19-12-14-25(15-13-19)16-23(27)26-20-10-6-7-11-22(20)30-17-21(26)18-8-4-3-5-9-18/h3-11,19,21H,2,12-17H2,1H3/t21-/m0/s1. The molecule has 1 saturated heterocycles. The zero-order valence-electron chi connectivity index (χ0n) is 17.3. The fraction of sp³-hybridized carbons (Fsp3) is 0.417. The van der Waals surface area contributed by atoms with E-state index in [1.165, 1.54) is 0 Å². The predicted molar refractivity (Wildman–Crippen MR) is 114 cm³/mol. The molecule has 6 heteroatoms. The predicted octanol–water partition coefficient (Wildman–Crippen LogP) is 3.43. The van der Waals surface area contributed by atoms with Crippen molar-refractivity contribution in [2.24, 2.45) is 5.92 Å². The number of nitrogens with zero attached hydrogens (tertiary/aromatic N) is 2. The van der Waals surface area contributed by atoms with Crippen molar-refractivity contribution in [3.8, 4) is 5.75 Å². The van der Waals surface area contributed by atoms with Crippen molar-refractivity contribution in [3.63, 3.8) is 0 Å². The maximum atomic E-state index is 13.5. The van der Waals surface area contributed by atoms with Gasteiger partial charge in [-0.1, -0.05) is 42.5 Å². The number of piperidine rings is 1. The quantitative estimate of drug-likeness (QED) is 0.710. The number of benzene rings is 2. The summed E-state index contributed by atoms with van der Waals surface area (Å²) in [5.74, 6) is 0.612. The highest BCUT2D eigenvalue weighted by molar-refractivity contribution is 5.97. The maximum absolute atomic E-state index is 13.5. The average molecular weight is 408 g/mol. The van der Waals surface area contributed by atoms with E-state index in [-0.39, 0.29) is 23.8 Å². The minimum atomic E-state index is -0.161. The van der Waals surface area contributed by atoms with Crippen LogP contribution in [0.5, 0.6) is 5.75 Å². The van der Waals surface area contributed by atoms with Crippen molar-refractivity contribution in [2.45, 2.75) is 25.8 Å². The topological polar surface area (TPSA) is 59.1 Å². The molecular formula is C24H28N2O4. The lowest BCUT2D eigenvalue weighted by atomic mass is 9.97. The molecule has 0 saturated carbocycles. The van der Waals surface area contributed by atoms with Crippen LogP contribution in [0.2, 0.25) is 0 Å². The van der Waals surface area contributed by atoms with Crippen LogP contribution in [0.3, 0.4) is 0 Å². The van der Waals surface area contributed by atoms with Crippen LogP contribution in [0.25, 0.3) is 0 Å². The first-order chi connectivity index (χ1) is 14.7. The molecule has 2 aromatic rings. The molecule has 2 aromatic carbocycles. The molecule has 4 rings (SSSR count). The summed E-state index contributed by atoms with van der Waals surface area (Å²) in [4.78, 5) is 29.5. The molecule has 0 bridgehead atoms. The highest BCUT2D eigenvalue weighted by atomic mass is 16.5. The number of hydrogen-bond donors (Lipinski definition) is 0. The van der Waals surface area contributed by atoms with Crippen LogP contribution < -0.4 is 9.64 Å². The number of hydrogen-bond acceptors (Lipinski definition) is 5. The van der Waals surface area contributed by atoms with Crippen LogP contribution in [0.4, 0.5) is 5.69 Å². The molecule has 0 aliphatic carbocycles. The third kappa shape index (κ3) is 4.33. The van der Waals surface area contributed by atoms with E-state index in [1.54, 1.807) is 0 Å². The molecule has 158 valence electrons. The summed E-state index contributed by atoms with van der Waals surface area (Å²) in [5, 5.41) is 0. The second kappa shape index (κ2) is 9.30. The summed E-state index contributed by atoms with van der Waals surface area (Å²) in [6.45, 7) is 4.43. The minimum absolute atomic E-state index is 0.0502. The third-order valence-corrected chi connectivity index (χ3v) is 5.85. The first kappa shape index (κ1) is 20.4. The Morgan fingerprint density at radius 3 is 2.47 bits per heavy atom. The highest BCUT2D eigenvalue weighted by Crippen LogP contribution is 2.39. The average Bonchev–Trinajstić information content (AvgIpc) is 2.79. The van der Waals surface area contributed by atoms with Gasteiger partial charge < -0.3 is 9.47 Å². The van der Waals surface area contributed by atoms with Gasteiger partial charge in [0.25, 0.3) is 0 Å². The number of ether oxygens (including phenoxy) is 2. The molecule has 0 aromatic heterocycles. The zero-order valence-corrected chi connectivity index (χ0v) is 17.3. The summed E-state index contributed by atoms with van der Waals surface area (Å²) in [6.07, 6.45) is 1.46. The summed E-state index contributed by atoms with van der Waals surface area (Å²) >= 11 is 0. The maximum Gasteiger partial charge on any atom is 0.309 e. The zero-order chi connectivity index (χ0) is 20.9. The smallest absolute Gasteiger partial charge is 0.309 e. The van der Waals surface area contributed by atoms with E-state index in [0.29, 0.717) is 19.8 Å². The van der Waals surface area contributed by atoms with E-state index in [0.717, 1.165) is 42.9 Å². The van der Waals surface area contributed by atoms with Gasteiger partial charge in [-0.05, 0) is 50.6 Å². The number of anilines is 1. The lowest BCUT2D eigenvalue weighted by Gasteiger charge is -2.39. The van der Waals surface area contributed by atoms with Crippen LogP contribution in [-0.2, 0) is 14.3 Å². The van der Waals surface area contributed by atoms with Gasteiger partial charge in [0.05, 0.1) is 30.8 Å². The monoisotopic (exact) mass is 408 g/mol. The Kier molecular flexibility index (Phi) is 6.33. The third-order valence-electron chi connectivity index (χ3n) is 5.85. The number of para-hydroxylation sites is 2. The number of carbonyl (C=O) groups excluding carboxylic acids is 2. The molecule has 2 aliphatic heterocycles. The molecule has 0 radical (unpaired) electrons. The van der Waals surface area contributed by atoms with Gasteiger partial charge in [0, 0.05) is 0 Å². The van der Waals surface area contributed by atoms with E-state index in [2.05, 4.69) is 4.90 Å². The summed E-state index contributed by atoms with van der Waals surface area (Å²) in [6, 6.07) is 17.5. The molecule has 0 unspecified atom stereocenters.